The van der Waals surface area contributed by atoms with Gasteiger partial charge in [0.2, 0.25) is 0 Å². The van der Waals surface area contributed by atoms with Gasteiger partial charge >= 0.3 is 0 Å². The number of nitrogens with zero attached hydrogens (tertiary/aromatic N) is 2. The smallest absolute Gasteiger partial charge is 0.288 e. The van der Waals surface area contributed by atoms with Crippen LogP contribution in [0.1, 0.15) is 38.5 Å². The molecule has 4 bridgehead atoms. The van der Waals surface area contributed by atoms with Gasteiger partial charge in [0.05, 0.1) is 17.4 Å². The van der Waals surface area contributed by atoms with Crippen molar-refractivity contribution in [1.29, 1.82) is 0 Å². The molecular weight excluding hydrogens is 397 g/mol. The topological polar surface area (TPSA) is 87.0 Å². The van der Waals surface area contributed by atoms with Crippen LogP contribution >= 0.6 is 11.6 Å². The molecule has 0 amide bonds. The van der Waals surface area contributed by atoms with Gasteiger partial charge in [0.15, 0.2) is 0 Å². The number of halogens is 2. The number of carboxylic acid groups (broad SMARTS) is 1. The van der Waals surface area contributed by atoms with E-state index in [2.05, 4.69) is 10.4 Å². The second kappa shape index (κ2) is 6.29. The number of hydrogen-bond donors (Lipinski definition) is 1. The van der Waals surface area contributed by atoms with Crippen LogP contribution in [-0.2, 0) is 10.3 Å². The van der Waals surface area contributed by atoms with E-state index in [4.69, 9.17) is 11.6 Å². The summed E-state index contributed by atoms with van der Waals surface area (Å²) in [6.45, 7) is 0. The number of rotatable bonds is 4. The van der Waals surface area contributed by atoms with Crippen molar-refractivity contribution in [2.45, 2.75) is 44.1 Å². The Balaban J connectivity index is 1.52. The molecule has 4 saturated carbocycles. The van der Waals surface area contributed by atoms with Gasteiger partial charge < -0.3 is 15.2 Å². The zero-order valence-corrected chi connectivity index (χ0v) is 16.4. The largest absolute Gasteiger partial charge is 0.550 e. The zero-order chi connectivity index (χ0) is 20.4. The first-order chi connectivity index (χ1) is 13.8. The summed E-state index contributed by atoms with van der Waals surface area (Å²) in [6.07, 6.45) is 5.59. The van der Waals surface area contributed by atoms with Gasteiger partial charge in [0.25, 0.3) is 5.56 Å². The van der Waals surface area contributed by atoms with Crippen LogP contribution in [0.5, 0.6) is 0 Å². The summed E-state index contributed by atoms with van der Waals surface area (Å²) in [5.74, 6) is -0.846. The summed E-state index contributed by atoms with van der Waals surface area (Å²) in [6, 6.07) is 5.69. The van der Waals surface area contributed by atoms with Crippen LogP contribution in [0.4, 0.5) is 15.8 Å². The molecule has 6 nitrogen and oxygen atoms in total. The first-order valence-corrected chi connectivity index (χ1v) is 10.2. The molecule has 1 aromatic carbocycles. The Kier molecular flexibility index (Phi) is 4.04. The Bertz CT molecular complexity index is 1040. The number of carboxylic acids is 1. The lowest BCUT2D eigenvalue weighted by Crippen LogP contribution is -2.63. The molecule has 1 heterocycles. The highest BCUT2D eigenvalue weighted by molar-refractivity contribution is 6.33. The third-order valence-corrected chi connectivity index (χ3v) is 7.32. The lowest BCUT2D eigenvalue weighted by molar-refractivity contribution is -0.329. The fraction of sp³-hybridized carbons (Fsp3) is 0.476. The van der Waals surface area contributed by atoms with E-state index in [9.17, 15) is 19.1 Å². The number of nitrogens with one attached hydrogen (secondary N) is 1. The predicted molar refractivity (Wildman–Crippen MR) is 103 cm³/mol. The third kappa shape index (κ3) is 2.86. The number of aromatic nitrogens is 2. The number of carbonyl (C=O) groups is 1. The van der Waals surface area contributed by atoms with Crippen molar-refractivity contribution in [3.8, 4) is 0 Å². The minimum atomic E-state index is -1.01. The number of hydrogen-bond acceptors (Lipinski definition) is 5. The van der Waals surface area contributed by atoms with Gasteiger partial charge in [-0.2, -0.15) is 5.10 Å². The van der Waals surface area contributed by atoms with Crippen molar-refractivity contribution in [3.05, 3.63) is 51.7 Å². The van der Waals surface area contributed by atoms with Crippen molar-refractivity contribution in [1.82, 2.24) is 9.78 Å². The molecule has 4 fully saturated rings. The van der Waals surface area contributed by atoms with Crippen molar-refractivity contribution in [2.75, 3.05) is 5.32 Å². The van der Waals surface area contributed by atoms with Crippen LogP contribution in [-0.4, -0.2) is 15.7 Å². The molecule has 0 aliphatic heterocycles. The van der Waals surface area contributed by atoms with Gasteiger partial charge in [-0.1, -0.05) is 11.6 Å². The van der Waals surface area contributed by atoms with E-state index in [-0.39, 0.29) is 22.7 Å². The monoisotopic (exact) mass is 416 g/mol. The fourth-order valence-electron chi connectivity index (χ4n) is 6.25. The molecule has 2 unspecified atom stereocenters. The molecule has 152 valence electrons. The standard InChI is InChI=1S/C21H21ClFN3O3/c22-17-16(25-15-3-1-14(23)2-4-15)10-24-26(18(17)27)21-8-12-5-13(9-21)7-20(6-12,11-21)19(28)29/h1-4,10,12-13,25H,5-9,11H2,(H,28,29)/p-1/t12-,13+,20?,21?. The summed E-state index contributed by atoms with van der Waals surface area (Å²) in [5, 5.41) is 19.4. The summed E-state index contributed by atoms with van der Waals surface area (Å²) in [7, 11) is 0. The summed E-state index contributed by atoms with van der Waals surface area (Å²) >= 11 is 6.38. The van der Waals surface area contributed by atoms with E-state index >= 15 is 0 Å². The SMILES string of the molecule is O=C([O-])C12C[C@H]3C[C@@H](C1)CC(n1ncc(Nc4ccc(F)cc4)c(Cl)c1=O)(C3)C2. The van der Waals surface area contributed by atoms with E-state index in [0.29, 0.717) is 30.6 Å². The summed E-state index contributed by atoms with van der Waals surface area (Å²) < 4.78 is 14.5. The van der Waals surface area contributed by atoms with Gasteiger partial charge in [-0.3, -0.25) is 4.79 Å². The van der Waals surface area contributed by atoms with E-state index in [1.807, 2.05) is 0 Å². The highest BCUT2D eigenvalue weighted by atomic mass is 35.5. The molecule has 29 heavy (non-hydrogen) atoms. The Morgan fingerprint density at radius 3 is 2.48 bits per heavy atom. The zero-order valence-electron chi connectivity index (χ0n) is 15.7. The Morgan fingerprint density at radius 1 is 1.21 bits per heavy atom. The number of carbonyl (C=O) groups excluding carboxylic acids is 1. The molecule has 8 heteroatoms. The molecule has 4 atom stereocenters. The predicted octanol–water partition coefficient (Wildman–Crippen LogP) is 2.82. The van der Waals surface area contributed by atoms with Gasteiger partial charge in [-0.25, -0.2) is 9.07 Å². The van der Waals surface area contributed by atoms with Gasteiger partial charge in [-0.05, 0) is 74.6 Å². The molecule has 1 aromatic heterocycles. The minimum Gasteiger partial charge on any atom is -0.550 e. The van der Waals surface area contributed by atoms with Crippen LogP contribution in [0.3, 0.4) is 0 Å². The average Bonchev–Trinajstić information content (AvgIpc) is 2.66. The normalized spacial score (nSPS) is 32.3. The summed E-state index contributed by atoms with van der Waals surface area (Å²) in [5.41, 5.74) is -1.02. The molecule has 1 N–H and O–H groups in total. The highest BCUT2D eigenvalue weighted by Gasteiger charge is 2.60. The Morgan fingerprint density at radius 2 is 1.86 bits per heavy atom. The first kappa shape index (κ1) is 18.6. The maximum Gasteiger partial charge on any atom is 0.288 e. The summed E-state index contributed by atoms with van der Waals surface area (Å²) in [4.78, 5) is 25.1. The van der Waals surface area contributed by atoms with E-state index < -0.39 is 22.5 Å². The Hall–Kier alpha value is -2.41. The third-order valence-electron chi connectivity index (χ3n) is 6.95. The maximum absolute atomic E-state index is 13.1. The molecule has 4 aliphatic rings. The van der Waals surface area contributed by atoms with Gasteiger partial charge in [0, 0.05) is 17.1 Å². The van der Waals surface area contributed by atoms with Crippen LogP contribution in [0, 0.1) is 23.1 Å². The first-order valence-electron chi connectivity index (χ1n) is 9.83. The second-order valence-electron chi connectivity index (χ2n) is 8.97. The van der Waals surface area contributed by atoms with E-state index in [1.54, 1.807) is 12.1 Å². The lowest BCUT2D eigenvalue weighted by Gasteiger charge is -2.62. The van der Waals surface area contributed by atoms with Gasteiger partial charge in [0.1, 0.15) is 10.8 Å². The quantitative estimate of drug-likeness (QED) is 0.828. The number of anilines is 2. The molecule has 4 aliphatic carbocycles. The fourth-order valence-corrected chi connectivity index (χ4v) is 6.42. The van der Waals surface area contributed by atoms with Crippen LogP contribution in [0.15, 0.2) is 35.3 Å². The Labute approximate surface area is 171 Å². The molecular formula is C21H20ClFN3O3-. The van der Waals surface area contributed by atoms with Crippen LogP contribution in [0.2, 0.25) is 5.02 Å². The second-order valence-corrected chi connectivity index (χ2v) is 9.35. The van der Waals surface area contributed by atoms with Crippen molar-refractivity contribution >= 4 is 28.9 Å². The molecule has 0 saturated heterocycles. The van der Waals surface area contributed by atoms with E-state index in [0.717, 1.165) is 19.3 Å². The molecule has 6 rings (SSSR count). The average molecular weight is 417 g/mol. The maximum atomic E-state index is 13.1. The number of aliphatic carboxylic acids is 1. The number of benzene rings is 1. The lowest BCUT2D eigenvalue weighted by atomic mass is 9.47. The minimum absolute atomic E-state index is 0.0115. The van der Waals surface area contributed by atoms with Crippen LogP contribution < -0.4 is 16.0 Å². The molecule has 0 spiro atoms. The molecule has 0 radical (unpaired) electrons. The molecule has 2 aromatic rings. The van der Waals surface area contributed by atoms with Crippen molar-refractivity contribution in [2.24, 2.45) is 17.3 Å². The van der Waals surface area contributed by atoms with Crippen molar-refractivity contribution in [3.63, 3.8) is 0 Å². The van der Waals surface area contributed by atoms with Crippen LogP contribution in [0.25, 0.3) is 0 Å². The highest BCUT2D eigenvalue weighted by Crippen LogP contribution is 2.63. The van der Waals surface area contributed by atoms with Crippen molar-refractivity contribution < 1.29 is 14.3 Å². The van der Waals surface area contributed by atoms with Gasteiger partial charge in [-0.15, -0.1) is 0 Å². The van der Waals surface area contributed by atoms with E-state index in [1.165, 1.54) is 23.0 Å².